The smallest absolute Gasteiger partial charge is 0.173 e. The van der Waals surface area contributed by atoms with Gasteiger partial charge in [-0.3, -0.25) is 4.79 Å². The lowest BCUT2D eigenvalue weighted by Gasteiger charge is -2.08. The van der Waals surface area contributed by atoms with Crippen molar-refractivity contribution in [3.05, 3.63) is 29.3 Å². The lowest BCUT2D eigenvalue weighted by Crippen LogP contribution is -2.02. The zero-order valence-corrected chi connectivity index (χ0v) is 10.6. The number of hydrogen-bond acceptors (Lipinski definition) is 2. The number of halogens is 1. The first-order valence-corrected chi connectivity index (χ1v) is 6.11. The van der Waals surface area contributed by atoms with Crippen molar-refractivity contribution in [2.75, 3.05) is 12.4 Å². The van der Waals surface area contributed by atoms with Crippen LogP contribution in [0.5, 0.6) is 5.75 Å². The van der Waals surface area contributed by atoms with Crippen molar-refractivity contribution >= 4 is 21.7 Å². The molecule has 15 heavy (non-hydrogen) atoms. The number of ether oxygens (including phenoxy) is 1. The molecule has 2 nitrogen and oxygen atoms in total. The monoisotopic (exact) mass is 270 g/mol. The molecule has 1 aromatic rings. The fraction of sp³-hybridized carbons (Fsp3) is 0.417. The quantitative estimate of drug-likeness (QED) is 0.607. The van der Waals surface area contributed by atoms with E-state index in [9.17, 15) is 4.79 Å². The first-order valence-electron chi connectivity index (χ1n) is 4.99. The van der Waals surface area contributed by atoms with Gasteiger partial charge in [0.05, 0.1) is 12.4 Å². The normalized spacial score (nSPS) is 10.1. The number of alkyl halides is 1. The van der Waals surface area contributed by atoms with E-state index in [0.717, 1.165) is 29.7 Å². The summed E-state index contributed by atoms with van der Waals surface area (Å²) in [4.78, 5) is 11.5. The number of ketones is 1. The van der Waals surface area contributed by atoms with Crippen molar-refractivity contribution in [1.29, 1.82) is 0 Å². The van der Waals surface area contributed by atoms with Gasteiger partial charge in [-0.05, 0) is 30.2 Å². The van der Waals surface area contributed by atoms with Crippen molar-refractivity contribution < 1.29 is 9.53 Å². The number of methoxy groups -OCH3 is 1. The first-order chi connectivity index (χ1) is 7.22. The van der Waals surface area contributed by atoms with Gasteiger partial charge in [-0.1, -0.05) is 29.3 Å². The largest absolute Gasteiger partial charge is 0.496 e. The molecular weight excluding hydrogens is 256 g/mol. The van der Waals surface area contributed by atoms with Crippen molar-refractivity contribution in [1.82, 2.24) is 0 Å². The number of carbonyl (C=O) groups excluding carboxylic acids is 1. The summed E-state index contributed by atoms with van der Waals surface area (Å²) in [6.45, 7) is 2.11. The Bertz CT molecular complexity index is 347. The molecule has 1 aromatic carbocycles. The minimum absolute atomic E-state index is 0.106. The van der Waals surface area contributed by atoms with Gasteiger partial charge in [-0.2, -0.15) is 0 Å². The van der Waals surface area contributed by atoms with E-state index in [1.165, 1.54) is 0 Å². The lowest BCUT2D eigenvalue weighted by atomic mass is 10.0. The minimum atomic E-state index is 0.106. The lowest BCUT2D eigenvalue weighted by molar-refractivity contribution is 0.102. The summed E-state index contributed by atoms with van der Waals surface area (Å²) in [7, 11) is 1.65. The highest BCUT2D eigenvalue weighted by atomic mass is 79.9. The van der Waals surface area contributed by atoms with E-state index in [0.29, 0.717) is 5.33 Å². The van der Waals surface area contributed by atoms with Crippen molar-refractivity contribution in [2.24, 2.45) is 0 Å². The molecule has 0 saturated heterocycles. The molecule has 0 aromatic heterocycles. The van der Waals surface area contributed by atoms with Crippen LogP contribution in [0.15, 0.2) is 18.2 Å². The maximum absolute atomic E-state index is 11.5. The maximum atomic E-state index is 11.5. The molecule has 0 aliphatic rings. The van der Waals surface area contributed by atoms with Gasteiger partial charge in [0.1, 0.15) is 5.75 Å². The molecule has 0 atom stereocenters. The standard InChI is InChI=1S/C12H15BrO2/c1-3-4-10-7-9(11(14)8-13)5-6-12(10)15-2/h5-7H,3-4,8H2,1-2H3. The third-order valence-corrected chi connectivity index (χ3v) is 2.75. The minimum Gasteiger partial charge on any atom is -0.496 e. The molecule has 3 heteroatoms. The van der Waals surface area contributed by atoms with Crippen LogP contribution in [0.4, 0.5) is 0 Å². The van der Waals surface area contributed by atoms with E-state index < -0.39 is 0 Å². The third-order valence-electron chi connectivity index (χ3n) is 2.24. The molecule has 0 N–H and O–H groups in total. The number of benzene rings is 1. The topological polar surface area (TPSA) is 26.3 Å². The Morgan fingerprint density at radius 2 is 2.20 bits per heavy atom. The molecule has 0 unspecified atom stereocenters. The third kappa shape index (κ3) is 3.06. The highest BCUT2D eigenvalue weighted by Gasteiger charge is 2.08. The molecular formula is C12H15BrO2. The van der Waals surface area contributed by atoms with Crippen LogP contribution < -0.4 is 4.74 Å². The molecule has 0 fully saturated rings. The molecule has 0 saturated carbocycles. The SMILES string of the molecule is CCCc1cc(C(=O)CBr)ccc1OC. The highest BCUT2D eigenvalue weighted by Crippen LogP contribution is 2.21. The van der Waals surface area contributed by atoms with Crippen LogP contribution in [-0.4, -0.2) is 18.2 Å². The molecule has 0 heterocycles. The number of rotatable bonds is 5. The van der Waals surface area contributed by atoms with Crippen molar-refractivity contribution in [3.8, 4) is 5.75 Å². The van der Waals surface area contributed by atoms with Gasteiger partial charge in [0.15, 0.2) is 5.78 Å². The Morgan fingerprint density at radius 1 is 1.47 bits per heavy atom. The molecule has 0 aliphatic heterocycles. The van der Waals surface area contributed by atoms with Crippen molar-refractivity contribution in [3.63, 3.8) is 0 Å². The second kappa shape index (κ2) is 5.91. The number of carbonyl (C=O) groups is 1. The van der Waals surface area contributed by atoms with Crippen LogP contribution in [0.25, 0.3) is 0 Å². The molecule has 0 amide bonds. The average molecular weight is 271 g/mol. The van der Waals surface area contributed by atoms with Gasteiger partial charge in [0.25, 0.3) is 0 Å². The average Bonchev–Trinajstić information content (AvgIpc) is 2.28. The number of aryl methyl sites for hydroxylation is 1. The van der Waals surface area contributed by atoms with E-state index in [4.69, 9.17) is 4.74 Å². The van der Waals surface area contributed by atoms with Crippen LogP contribution in [0.1, 0.15) is 29.3 Å². The maximum Gasteiger partial charge on any atom is 0.173 e. The summed E-state index contributed by atoms with van der Waals surface area (Å²) in [5, 5.41) is 0.366. The van der Waals surface area contributed by atoms with E-state index in [1.807, 2.05) is 18.2 Å². The Labute approximate surface area is 98.8 Å². The Morgan fingerprint density at radius 3 is 2.73 bits per heavy atom. The van der Waals surface area contributed by atoms with Crippen LogP contribution in [-0.2, 0) is 6.42 Å². The predicted molar refractivity (Wildman–Crippen MR) is 65.1 cm³/mol. The van der Waals surface area contributed by atoms with E-state index >= 15 is 0 Å². The van der Waals surface area contributed by atoms with E-state index in [2.05, 4.69) is 22.9 Å². The molecule has 0 radical (unpaired) electrons. The molecule has 0 bridgehead atoms. The summed E-state index contributed by atoms with van der Waals surface area (Å²) in [6, 6.07) is 5.59. The van der Waals surface area contributed by atoms with Gasteiger partial charge in [-0.15, -0.1) is 0 Å². The van der Waals surface area contributed by atoms with Crippen LogP contribution in [0.2, 0.25) is 0 Å². The Balaban J connectivity index is 3.04. The fourth-order valence-electron chi connectivity index (χ4n) is 1.49. The van der Waals surface area contributed by atoms with E-state index in [-0.39, 0.29) is 5.78 Å². The zero-order valence-electron chi connectivity index (χ0n) is 9.05. The second-order valence-corrected chi connectivity index (χ2v) is 3.89. The molecule has 82 valence electrons. The Hall–Kier alpha value is -0.830. The van der Waals surface area contributed by atoms with Crippen LogP contribution in [0.3, 0.4) is 0 Å². The second-order valence-electron chi connectivity index (χ2n) is 3.33. The summed E-state index contributed by atoms with van der Waals surface area (Å²) < 4.78 is 5.24. The molecule has 1 rings (SSSR count). The zero-order chi connectivity index (χ0) is 11.3. The first kappa shape index (κ1) is 12.2. The van der Waals surface area contributed by atoms with Gasteiger partial charge in [0, 0.05) is 5.56 Å². The van der Waals surface area contributed by atoms with Gasteiger partial charge < -0.3 is 4.74 Å². The number of hydrogen-bond donors (Lipinski definition) is 0. The summed E-state index contributed by atoms with van der Waals surface area (Å²) in [5.41, 5.74) is 1.85. The van der Waals surface area contributed by atoms with Crippen molar-refractivity contribution in [2.45, 2.75) is 19.8 Å². The van der Waals surface area contributed by atoms with E-state index in [1.54, 1.807) is 7.11 Å². The summed E-state index contributed by atoms with van der Waals surface area (Å²) in [6.07, 6.45) is 1.98. The predicted octanol–water partition coefficient (Wildman–Crippen LogP) is 3.23. The number of Topliss-reactive ketones (excluding diaryl/α,β-unsaturated/α-hetero) is 1. The highest BCUT2D eigenvalue weighted by molar-refractivity contribution is 9.09. The van der Waals surface area contributed by atoms with Crippen LogP contribution in [0, 0.1) is 0 Å². The van der Waals surface area contributed by atoms with Gasteiger partial charge in [-0.25, -0.2) is 0 Å². The summed E-state index contributed by atoms with van der Waals surface area (Å²) in [5.74, 6) is 0.970. The fourth-order valence-corrected chi connectivity index (χ4v) is 1.82. The molecule has 0 spiro atoms. The van der Waals surface area contributed by atoms with Crippen LogP contribution >= 0.6 is 15.9 Å². The Kier molecular flexibility index (Phi) is 4.82. The molecule has 0 aliphatic carbocycles. The van der Waals surface area contributed by atoms with Gasteiger partial charge >= 0.3 is 0 Å². The van der Waals surface area contributed by atoms with Gasteiger partial charge in [0.2, 0.25) is 0 Å². The summed E-state index contributed by atoms with van der Waals surface area (Å²) >= 11 is 3.17.